The number of anilines is 1. The highest BCUT2D eigenvalue weighted by atomic mass is 16.2. The number of hydrogen-bond acceptors (Lipinski definition) is 3. The second kappa shape index (κ2) is 6.06. The zero-order chi connectivity index (χ0) is 18.5. The maximum Gasteiger partial charge on any atom is 0.266 e. The third kappa shape index (κ3) is 2.50. The normalized spacial score (nSPS) is 18.5. The first-order valence-electron chi connectivity index (χ1n) is 9.41. The number of fused-ring (bicyclic) bond motifs is 2. The largest absolute Gasteiger partial charge is 0.361 e. The molecule has 1 N–H and O–H groups in total. The van der Waals surface area contributed by atoms with Crippen molar-refractivity contribution in [1.82, 2.24) is 9.88 Å². The van der Waals surface area contributed by atoms with Crippen LogP contribution in [0, 0.1) is 0 Å². The number of piperidine rings is 1. The summed E-state index contributed by atoms with van der Waals surface area (Å²) in [6, 6.07) is 12.8. The second-order valence-corrected chi connectivity index (χ2v) is 7.54. The highest BCUT2D eigenvalue weighted by molar-refractivity contribution is 6.34. The highest BCUT2D eigenvalue weighted by Gasteiger charge is 2.36. The molecule has 3 aromatic rings. The van der Waals surface area contributed by atoms with E-state index >= 15 is 0 Å². The van der Waals surface area contributed by atoms with Crippen LogP contribution in [0.2, 0.25) is 0 Å². The molecule has 1 aromatic heterocycles. The molecule has 3 heterocycles. The summed E-state index contributed by atoms with van der Waals surface area (Å²) in [4.78, 5) is 32.6. The molecule has 5 rings (SSSR count). The van der Waals surface area contributed by atoms with Gasteiger partial charge in [0.05, 0.1) is 16.8 Å². The molecule has 5 heteroatoms. The number of amides is 2. The summed E-state index contributed by atoms with van der Waals surface area (Å²) in [7, 11) is 2.16. The van der Waals surface area contributed by atoms with E-state index < -0.39 is 0 Å². The average molecular weight is 359 g/mol. The van der Waals surface area contributed by atoms with Gasteiger partial charge < -0.3 is 9.88 Å². The standard InChI is InChI=1S/C22H21N3O2/c1-24-10-8-14(9-11-24)19-13-23-20-7-6-15(12-18(19)20)25-21(26)16-4-2-3-5-17(16)22(25)27/h2-7,12-14,23H,8-11H2,1H3. The van der Waals surface area contributed by atoms with Crippen molar-refractivity contribution in [1.29, 1.82) is 0 Å². The van der Waals surface area contributed by atoms with E-state index in [9.17, 15) is 9.59 Å². The second-order valence-electron chi connectivity index (χ2n) is 7.54. The van der Waals surface area contributed by atoms with Gasteiger partial charge in [-0.2, -0.15) is 0 Å². The minimum atomic E-state index is -0.244. The lowest BCUT2D eigenvalue weighted by atomic mass is 9.89. The van der Waals surface area contributed by atoms with Gasteiger partial charge in [-0.25, -0.2) is 4.90 Å². The van der Waals surface area contributed by atoms with Crippen LogP contribution in [0.4, 0.5) is 5.69 Å². The van der Waals surface area contributed by atoms with Gasteiger partial charge in [-0.05, 0) is 74.8 Å². The molecule has 2 aliphatic rings. The molecule has 0 radical (unpaired) electrons. The molecule has 0 unspecified atom stereocenters. The predicted molar refractivity (Wildman–Crippen MR) is 105 cm³/mol. The smallest absolute Gasteiger partial charge is 0.266 e. The van der Waals surface area contributed by atoms with E-state index in [1.807, 2.05) is 18.2 Å². The maximum atomic E-state index is 12.8. The Balaban J connectivity index is 1.55. The van der Waals surface area contributed by atoms with E-state index in [1.54, 1.807) is 24.3 Å². The summed E-state index contributed by atoms with van der Waals surface area (Å²) >= 11 is 0. The van der Waals surface area contributed by atoms with Gasteiger partial charge in [0.15, 0.2) is 0 Å². The Morgan fingerprint density at radius 3 is 2.30 bits per heavy atom. The molecule has 0 saturated carbocycles. The SMILES string of the molecule is CN1CCC(c2c[nH]c3ccc(N4C(=O)c5ccccc5C4=O)cc23)CC1. The molecular weight excluding hydrogens is 338 g/mol. The molecule has 1 fully saturated rings. The Labute approximate surface area is 157 Å². The summed E-state index contributed by atoms with van der Waals surface area (Å²) in [6.45, 7) is 2.19. The molecule has 2 aromatic carbocycles. The summed E-state index contributed by atoms with van der Waals surface area (Å²) in [5, 5.41) is 1.11. The van der Waals surface area contributed by atoms with Crippen molar-refractivity contribution in [3.05, 3.63) is 65.4 Å². The predicted octanol–water partition coefficient (Wildman–Crippen LogP) is 3.78. The minimum Gasteiger partial charge on any atom is -0.361 e. The Kier molecular flexibility index (Phi) is 3.65. The minimum absolute atomic E-state index is 0.244. The Morgan fingerprint density at radius 1 is 0.963 bits per heavy atom. The van der Waals surface area contributed by atoms with E-state index in [2.05, 4.69) is 23.1 Å². The molecule has 0 bridgehead atoms. The van der Waals surface area contributed by atoms with Crippen molar-refractivity contribution < 1.29 is 9.59 Å². The monoisotopic (exact) mass is 359 g/mol. The van der Waals surface area contributed by atoms with Crippen molar-refractivity contribution in [3.8, 4) is 0 Å². The maximum absolute atomic E-state index is 12.8. The van der Waals surface area contributed by atoms with Crippen LogP contribution in [0.3, 0.4) is 0 Å². The van der Waals surface area contributed by atoms with E-state index in [1.165, 1.54) is 10.5 Å². The van der Waals surface area contributed by atoms with Crippen LogP contribution in [-0.4, -0.2) is 41.8 Å². The number of carbonyl (C=O) groups is 2. The average Bonchev–Trinajstić information content (AvgIpc) is 3.22. The summed E-state index contributed by atoms with van der Waals surface area (Å²) in [5.74, 6) is 0.0185. The van der Waals surface area contributed by atoms with Crippen LogP contribution in [0.25, 0.3) is 10.9 Å². The van der Waals surface area contributed by atoms with Crippen molar-refractivity contribution >= 4 is 28.4 Å². The number of rotatable bonds is 2. The fourth-order valence-corrected chi connectivity index (χ4v) is 4.35. The number of imide groups is 1. The number of nitrogens with one attached hydrogen (secondary N) is 1. The number of aromatic amines is 1. The fourth-order valence-electron chi connectivity index (χ4n) is 4.35. The van der Waals surface area contributed by atoms with Crippen LogP contribution in [-0.2, 0) is 0 Å². The molecule has 2 aliphatic heterocycles. The van der Waals surface area contributed by atoms with Crippen molar-refractivity contribution in [2.75, 3.05) is 25.0 Å². The molecule has 27 heavy (non-hydrogen) atoms. The Bertz CT molecular complexity index is 1030. The highest BCUT2D eigenvalue weighted by Crippen LogP contribution is 2.36. The molecule has 2 amide bonds. The van der Waals surface area contributed by atoms with Gasteiger partial charge in [-0.1, -0.05) is 12.1 Å². The van der Waals surface area contributed by atoms with Crippen LogP contribution in [0.5, 0.6) is 0 Å². The zero-order valence-electron chi connectivity index (χ0n) is 15.2. The molecule has 0 spiro atoms. The zero-order valence-corrected chi connectivity index (χ0v) is 15.2. The lowest BCUT2D eigenvalue weighted by Crippen LogP contribution is -2.29. The van der Waals surface area contributed by atoms with Gasteiger partial charge in [0.25, 0.3) is 11.8 Å². The molecule has 0 atom stereocenters. The summed E-state index contributed by atoms with van der Waals surface area (Å²) < 4.78 is 0. The van der Waals surface area contributed by atoms with E-state index in [-0.39, 0.29) is 11.8 Å². The first-order valence-corrected chi connectivity index (χ1v) is 9.41. The van der Waals surface area contributed by atoms with Gasteiger partial charge in [-0.3, -0.25) is 9.59 Å². The number of likely N-dealkylation sites (tertiary alicyclic amines) is 1. The third-order valence-electron chi connectivity index (χ3n) is 5.91. The lowest BCUT2D eigenvalue weighted by Gasteiger charge is -2.28. The van der Waals surface area contributed by atoms with E-state index in [4.69, 9.17) is 0 Å². The van der Waals surface area contributed by atoms with E-state index in [0.717, 1.165) is 36.8 Å². The van der Waals surface area contributed by atoms with Crippen LogP contribution in [0.1, 0.15) is 45.0 Å². The van der Waals surface area contributed by atoms with Crippen LogP contribution < -0.4 is 4.90 Å². The van der Waals surface area contributed by atoms with Gasteiger partial charge in [0.2, 0.25) is 0 Å². The first kappa shape index (κ1) is 16.3. The van der Waals surface area contributed by atoms with Crippen molar-refractivity contribution in [2.45, 2.75) is 18.8 Å². The van der Waals surface area contributed by atoms with E-state index in [0.29, 0.717) is 22.7 Å². The number of aromatic nitrogens is 1. The number of benzene rings is 2. The Morgan fingerprint density at radius 2 is 1.63 bits per heavy atom. The molecule has 5 nitrogen and oxygen atoms in total. The number of nitrogens with zero attached hydrogens (tertiary/aromatic N) is 2. The lowest BCUT2D eigenvalue weighted by molar-refractivity contribution is 0.0926. The van der Waals surface area contributed by atoms with Gasteiger partial charge in [0.1, 0.15) is 0 Å². The van der Waals surface area contributed by atoms with Crippen LogP contribution in [0.15, 0.2) is 48.7 Å². The number of H-pyrrole nitrogens is 1. The topological polar surface area (TPSA) is 56.4 Å². The van der Waals surface area contributed by atoms with Gasteiger partial charge in [0, 0.05) is 17.1 Å². The van der Waals surface area contributed by atoms with Crippen LogP contribution >= 0.6 is 0 Å². The number of hydrogen-bond donors (Lipinski definition) is 1. The fraction of sp³-hybridized carbons (Fsp3) is 0.273. The molecule has 0 aliphatic carbocycles. The Hall–Kier alpha value is -2.92. The third-order valence-corrected chi connectivity index (χ3v) is 5.91. The summed E-state index contributed by atoms with van der Waals surface area (Å²) in [6.07, 6.45) is 4.34. The quantitative estimate of drug-likeness (QED) is 0.709. The summed E-state index contributed by atoms with van der Waals surface area (Å²) in [5.41, 5.74) is 3.93. The van der Waals surface area contributed by atoms with Crippen molar-refractivity contribution in [3.63, 3.8) is 0 Å². The molecule has 1 saturated heterocycles. The van der Waals surface area contributed by atoms with Crippen molar-refractivity contribution in [2.24, 2.45) is 0 Å². The van der Waals surface area contributed by atoms with Gasteiger partial charge in [-0.15, -0.1) is 0 Å². The molecule has 136 valence electrons. The molecular formula is C22H21N3O2. The van der Waals surface area contributed by atoms with Gasteiger partial charge >= 0.3 is 0 Å². The number of carbonyl (C=O) groups excluding carboxylic acids is 2. The first-order chi connectivity index (χ1) is 13.1.